The van der Waals surface area contributed by atoms with Crippen LogP contribution in [0.25, 0.3) is 0 Å². The smallest absolute Gasteiger partial charge is 0.129 e. The summed E-state index contributed by atoms with van der Waals surface area (Å²) in [5.41, 5.74) is 0.879. The Balaban J connectivity index is 2.36. The number of hydrogen-bond donors (Lipinski definition) is 3. The van der Waals surface area contributed by atoms with Gasteiger partial charge in [0.1, 0.15) is 5.75 Å². The minimum absolute atomic E-state index is 0.125. The fraction of sp³-hybridized carbons (Fsp3) is 0.600. The van der Waals surface area contributed by atoms with Gasteiger partial charge in [-0.15, -0.1) is 0 Å². The summed E-state index contributed by atoms with van der Waals surface area (Å²) in [4.78, 5) is 2.41. The molecule has 1 atom stereocenters. The van der Waals surface area contributed by atoms with Gasteiger partial charge in [0.25, 0.3) is 0 Å². The lowest BCUT2D eigenvalue weighted by molar-refractivity contribution is 0.0305. The van der Waals surface area contributed by atoms with Gasteiger partial charge in [-0.25, -0.2) is 0 Å². The molecule has 0 radical (unpaired) electrons. The van der Waals surface area contributed by atoms with E-state index in [4.69, 9.17) is 0 Å². The third-order valence-corrected chi connectivity index (χ3v) is 4.59. The molecule has 5 heteroatoms. The van der Waals surface area contributed by atoms with Crippen molar-refractivity contribution in [3.8, 4) is 5.75 Å². The molecule has 2 rings (SSSR count). The van der Waals surface area contributed by atoms with Crippen LogP contribution in [-0.2, 0) is 0 Å². The maximum absolute atomic E-state index is 9.78. The van der Waals surface area contributed by atoms with Crippen molar-refractivity contribution in [3.05, 3.63) is 28.2 Å². The summed E-state index contributed by atoms with van der Waals surface area (Å²) >= 11 is 3.38. The zero-order chi connectivity index (χ0) is 14.8. The molecule has 0 unspecified atom stereocenters. The van der Waals surface area contributed by atoms with Crippen LogP contribution in [0.5, 0.6) is 5.75 Å². The Bertz CT molecular complexity index is 459. The number of phenols is 1. The summed E-state index contributed by atoms with van der Waals surface area (Å²) in [6.07, 6.45) is 0. The third-order valence-electron chi connectivity index (χ3n) is 3.95. The third kappa shape index (κ3) is 3.34. The molecule has 0 saturated carbocycles. The van der Waals surface area contributed by atoms with Gasteiger partial charge >= 0.3 is 0 Å². The molecule has 0 aromatic heterocycles. The number of benzene rings is 1. The first kappa shape index (κ1) is 15.8. The molecule has 4 nitrogen and oxygen atoms in total. The van der Waals surface area contributed by atoms with Crippen molar-refractivity contribution in [2.24, 2.45) is 5.41 Å². The van der Waals surface area contributed by atoms with Gasteiger partial charge in [0.15, 0.2) is 0 Å². The molecule has 1 aliphatic heterocycles. The van der Waals surface area contributed by atoms with Crippen LogP contribution in [0.15, 0.2) is 22.7 Å². The summed E-state index contributed by atoms with van der Waals surface area (Å²) in [7, 11) is 0. The zero-order valence-electron chi connectivity index (χ0n) is 12.1. The van der Waals surface area contributed by atoms with E-state index in [2.05, 4.69) is 40.0 Å². The molecule has 1 heterocycles. The van der Waals surface area contributed by atoms with E-state index in [-0.39, 0.29) is 23.8 Å². The number of hydrogen-bond acceptors (Lipinski definition) is 4. The topological polar surface area (TPSA) is 55.7 Å². The molecule has 1 aromatic rings. The maximum atomic E-state index is 9.78. The summed E-state index contributed by atoms with van der Waals surface area (Å²) in [5.74, 6) is 0.245. The monoisotopic (exact) mass is 342 g/mol. The van der Waals surface area contributed by atoms with Crippen molar-refractivity contribution in [2.45, 2.75) is 19.9 Å². The van der Waals surface area contributed by atoms with Crippen LogP contribution < -0.4 is 5.32 Å². The van der Waals surface area contributed by atoms with Crippen molar-refractivity contribution in [1.29, 1.82) is 0 Å². The Kier molecular flexibility index (Phi) is 5.07. The number of aliphatic hydroxyl groups is 1. The van der Waals surface area contributed by atoms with E-state index in [0.717, 1.165) is 31.7 Å². The molecule has 1 aromatic carbocycles. The van der Waals surface area contributed by atoms with Gasteiger partial charge in [0.05, 0.1) is 4.47 Å². The highest BCUT2D eigenvalue weighted by molar-refractivity contribution is 9.10. The highest BCUT2D eigenvalue weighted by atomic mass is 79.9. The van der Waals surface area contributed by atoms with Gasteiger partial charge < -0.3 is 15.5 Å². The number of nitrogens with zero attached hydrogens (tertiary/aromatic N) is 1. The standard InChI is InChI=1S/C15H23BrN2O2/c1-15(2,10-19)14(18-7-5-17-6-8-18)11-3-4-13(20)12(16)9-11/h3-4,9,14,17,19-20H,5-8,10H2,1-2H3/t14-/m1/s1. The van der Waals surface area contributed by atoms with Crippen molar-refractivity contribution in [1.82, 2.24) is 10.2 Å². The zero-order valence-corrected chi connectivity index (χ0v) is 13.7. The second-order valence-corrected chi connectivity index (χ2v) is 6.90. The average Bonchev–Trinajstić information content (AvgIpc) is 2.44. The van der Waals surface area contributed by atoms with E-state index in [1.54, 1.807) is 6.07 Å². The Morgan fingerprint density at radius 2 is 2.00 bits per heavy atom. The second kappa shape index (κ2) is 6.43. The molecule has 3 N–H and O–H groups in total. The van der Waals surface area contributed by atoms with Crippen LogP contribution in [-0.4, -0.2) is 47.9 Å². The molecule has 0 spiro atoms. The van der Waals surface area contributed by atoms with Gasteiger partial charge in [-0.2, -0.15) is 0 Å². The predicted octanol–water partition coefficient (Wildman–Crippen LogP) is 2.12. The van der Waals surface area contributed by atoms with Crippen molar-refractivity contribution in [2.75, 3.05) is 32.8 Å². The minimum atomic E-state index is -0.242. The van der Waals surface area contributed by atoms with E-state index in [1.807, 2.05) is 12.1 Å². The van der Waals surface area contributed by atoms with E-state index >= 15 is 0 Å². The predicted molar refractivity (Wildman–Crippen MR) is 83.9 cm³/mol. The Labute approximate surface area is 128 Å². The number of aliphatic hydroxyl groups excluding tert-OH is 1. The van der Waals surface area contributed by atoms with Crippen LogP contribution in [0.1, 0.15) is 25.5 Å². The van der Waals surface area contributed by atoms with Crippen molar-refractivity contribution in [3.63, 3.8) is 0 Å². The molecule has 1 aliphatic rings. The molecule has 20 heavy (non-hydrogen) atoms. The van der Waals surface area contributed by atoms with Gasteiger partial charge in [0.2, 0.25) is 0 Å². The summed E-state index contributed by atoms with van der Waals surface area (Å²) < 4.78 is 0.698. The first-order chi connectivity index (χ1) is 9.45. The van der Waals surface area contributed by atoms with Crippen LogP contribution in [0.4, 0.5) is 0 Å². The maximum Gasteiger partial charge on any atom is 0.129 e. The van der Waals surface area contributed by atoms with E-state index < -0.39 is 0 Å². The summed E-state index contributed by atoms with van der Waals surface area (Å²) in [6, 6.07) is 5.75. The molecule has 0 bridgehead atoms. The van der Waals surface area contributed by atoms with Crippen LogP contribution in [0, 0.1) is 5.41 Å². The van der Waals surface area contributed by atoms with Gasteiger partial charge in [-0.05, 0) is 33.6 Å². The lowest BCUT2D eigenvalue weighted by atomic mass is 9.79. The van der Waals surface area contributed by atoms with Crippen LogP contribution >= 0.6 is 15.9 Å². The highest BCUT2D eigenvalue weighted by Crippen LogP contribution is 2.40. The summed E-state index contributed by atoms with van der Waals surface area (Å²) in [5, 5.41) is 22.8. The normalized spacial score (nSPS) is 19.0. The number of aromatic hydroxyl groups is 1. The van der Waals surface area contributed by atoms with E-state index in [9.17, 15) is 10.2 Å². The number of halogens is 1. The van der Waals surface area contributed by atoms with Gasteiger partial charge in [0, 0.05) is 44.2 Å². The number of piperazine rings is 1. The van der Waals surface area contributed by atoms with E-state index in [1.165, 1.54) is 0 Å². The highest BCUT2D eigenvalue weighted by Gasteiger charge is 2.35. The minimum Gasteiger partial charge on any atom is -0.507 e. The largest absolute Gasteiger partial charge is 0.507 e. The van der Waals surface area contributed by atoms with Crippen molar-refractivity contribution < 1.29 is 10.2 Å². The van der Waals surface area contributed by atoms with Gasteiger partial charge in [-0.1, -0.05) is 19.9 Å². The second-order valence-electron chi connectivity index (χ2n) is 6.05. The molecule has 0 aliphatic carbocycles. The molecule has 1 fully saturated rings. The summed E-state index contributed by atoms with van der Waals surface area (Å²) in [6.45, 7) is 8.16. The Morgan fingerprint density at radius 3 is 2.55 bits per heavy atom. The Morgan fingerprint density at radius 1 is 1.35 bits per heavy atom. The van der Waals surface area contributed by atoms with Gasteiger partial charge in [-0.3, -0.25) is 4.90 Å². The number of nitrogens with one attached hydrogen (secondary N) is 1. The number of phenolic OH excluding ortho intramolecular Hbond substituents is 1. The SMILES string of the molecule is CC(C)(CO)[C@@H](c1ccc(O)c(Br)c1)N1CCNCC1. The van der Waals surface area contributed by atoms with Crippen LogP contribution in [0.2, 0.25) is 0 Å². The first-order valence-corrected chi connectivity index (χ1v) is 7.79. The lowest BCUT2D eigenvalue weighted by Gasteiger charge is -2.43. The fourth-order valence-corrected chi connectivity index (χ4v) is 3.27. The van der Waals surface area contributed by atoms with Crippen LogP contribution in [0.3, 0.4) is 0 Å². The Hall–Kier alpha value is -0.620. The molecular weight excluding hydrogens is 320 g/mol. The molecule has 112 valence electrons. The molecule has 1 saturated heterocycles. The fourth-order valence-electron chi connectivity index (χ4n) is 2.88. The molecular formula is C15H23BrN2O2. The number of rotatable bonds is 4. The average molecular weight is 343 g/mol. The quantitative estimate of drug-likeness (QED) is 0.784. The lowest BCUT2D eigenvalue weighted by Crippen LogP contribution is -2.49. The molecule has 0 amide bonds. The first-order valence-electron chi connectivity index (χ1n) is 7.00. The van der Waals surface area contributed by atoms with Crippen molar-refractivity contribution >= 4 is 15.9 Å². The van der Waals surface area contributed by atoms with E-state index in [0.29, 0.717) is 4.47 Å².